The standard InChI is InChI=1S/C11H10IN3O/c1-7-6-14-11(13)15-10(7)16-9-4-2-3-8(12)5-9/h2-6H,1H3,(H2,13,14,15). The highest BCUT2D eigenvalue weighted by Gasteiger charge is 2.04. The van der Waals surface area contributed by atoms with Crippen LogP contribution >= 0.6 is 22.6 Å². The summed E-state index contributed by atoms with van der Waals surface area (Å²) in [6.45, 7) is 1.88. The maximum atomic E-state index is 5.63. The Morgan fingerprint density at radius 1 is 1.38 bits per heavy atom. The number of nitrogens with two attached hydrogens (primary N) is 1. The average Bonchev–Trinajstić information content (AvgIpc) is 2.24. The van der Waals surface area contributed by atoms with Gasteiger partial charge in [-0.15, -0.1) is 0 Å². The van der Waals surface area contributed by atoms with E-state index in [0.717, 1.165) is 14.9 Å². The monoisotopic (exact) mass is 327 g/mol. The van der Waals surface area contributed by atoms with Crippen LogP contribution in [0.3, 0.4) is 0 Å². The van der Waals surface area contributed by atoms with Crippen molar-refractivity contribution in [1.29, 1.82) is 0 Å². The number of aryl methyl sites for hydroxylation is 1. The van der Waals surface area contributed by atoms with E-state index in [-0.39, 0.29) is 5.95 Å². The molecule has 0 aliphatic rings. The molecule has 2 rings (SSSR count). The fraction of sp³-hybridized carbons (Fsp3) is 0.0909. The predicted octanol–water partition coefficient (Wildman–Crippen LogP) is 2.76. The fourth-order valence-electron chi connectivity index (χ4n) is 1.18. The van der Waals surface area contributed by atoms with Crippen molar-refractivity contribution in [1.82, 2.24) is 9.97 Å². The molecule has 0 spiro atoms. The molecule has 0 radical (unpaired) electrons. The Hall–Kier alpha value is -1.37. The van der Waals surface area contributed by atoms with Gasteiger partial charge in [-0.05, 0) is 47.7 Å². The maximum Gasteiger partial charge on any atom is 0.226 e. The minimum atomic E-state index is 0.214. The van der Waals surface area contributed by atoms with Gasteiger partial charge < -0.3 is 10.5 Å². The lowest BCUT2D eigenvalue weighted by Gasteiger charge is -2.07. The van der Waals surface area contributed by atoms with Crippen molar-refractivity contribution in [2.24, 2.45) is 0 Å². The van der Waals surface area contributed by atoms with Crippen LogP contribution in [0.15, 0.2) is 30.5 Å². The second-order valence-corrected chi connectivity index (χ2v) is 4.52. The summed E-state index contributed by atoms with van der Waals surface area (Å²) in [7, 11) is 0. The molecule has 4 nitrogen and oxygen atoms in total. The third kappa shape index (κ3) is 2.60. The van der Waals surface area contributed by atoms with Crippen LogP contribution in [-0.4, -0.2) is 9.97 Å². The van der Waals surface area contributed by atoms with Gasteiger partial charge in [0, 0.05) is 15.3 Å². The molecule has 2 aromatic rings. The Balaban J connectivity index is 2.30. The van der Waals surface area contributed by atoms with E-state index in [4.69, 9.17) is 10.5 Å². The van der Waals surface area contributed by atoms with Gasteiger partial charge in [0.15, 0.2) is 0 Å². The van der Waals surface area contributed by atoms with Gasteiger partial charge in [-0.2, -0.15) is 4.98 Å². The van der Waals surface area contributed by atoms with Crippen LogP contribution in [0.2, 0.25) is 0 Å². The maximum absolute atomic E-state index is 5.63. The van der Waals surface area contributed by atoms with E-state index in [9.17, 15) is 0 Å². The topological polar surface area (TPSA) is 61.0 Å². The van der Waals surface area contributed by atoms with E-state index in [1.54, 1.807) is 6.20 Å². The molecular weight excluding hydrogens is 317 g/mol. The third-order valence-corrected chi connectivity index (χ3v) is 2.63. The van der Waals surface area contributed by atoms with Crippen molar-refractivity contribution >= 4 is 28.5 Å². The number of aromatic nitrogens is 2. The Morgan fingerprint density at radius 2 is 2.19 bits per heavy atom. The van der Waals surface area contributed by atoms with Gasteiger partial charge in [0.2, 0.25) is 11.8 Å². The molecule has 16 heavy (non-hydrogen) atoms. The van der Waals surface area contributed by atoms with E-state index in [0.29, 0.717) is 5.88 Å². The van der Waals surface area contributed by atoms with Gasteiger partial charge in [0.25, 0.3) is 0 Å². The second-order valence-electron chi connectivity index (χ2n) is 3.28. The van der Waals surface area contributed by atoms with E-state index < -0.39 is 0 Å². The largest absolute Gasteiger partial charge is 0.439 e. The zero-order chi connectivity index (χ0) is 11.5. The molecular formula is C11H10IN3O. The van der Waals surface area contributed by atoms with E-state index >= 15 is 0 Å². The third-order valence-electron chi connectivity index (χ3n) is 1.95. The van der Waals surface area contributed by atoms with Crippen molar-refractivity contribution in [3.8, 4) is 11.6 Å². The minimum Gasteiger partial charge on any atom is -0.439 e. The molecule has 1 aromatic heterocycles. The lowest BCUT2D eigenvalue weighted by Crippen LogP contribution is -1.98. The van der Waals surface area contributed by atoms with Crippen LogP contribution in [0, 0.1) is 10.5 Å². The Kier molecular flexibility index (Phi) is 3.23. The van der Waals surface area contributed by atoms with Crippen LogP contribution in [-0.2, 0) is 0 Å². The number of nitrogen functional groups attached to an aromatic ring is 1. The summed E-state index contributed by atoms with van der Waals surface area (Å²) in [5.41, 5.74) is 6.36. The second kappa shape index (κ2) is 4.65. The van der Waals surface area contributed by atoms with Crippen molar-refractivity contribution in [3.63, 3.8) is 0 Å². The summed E-state index contributed by atoms with van der Waals surface area (Å²) >= 11 is 2.23. The molecule has 1 aromatic carbocycles. The normalized spacial score (nSPS) is 10.1. The van der Waals surface area contributed by atoms with E-state index in [1.807, 2.05) is 31.2 Å². The molecule has 1 heterocycles. The molecule has 0 saturated heterocycles. The molecule has 0 aliphatic carbocycles. The zero-order valence-electron chi connectivity index (χ0n) is 8.64. The van der Waals surface area contributed by atoms with Gasteiger partial charge in [0.1, 0.15) is 5.75 Å². The molecule has 82 valence electrons. The van der Waals surface area contributed by atoms with Crippen molar-refractivity contribution in [2.75, 3.05) is 5.73 Å². The summed E-state index contributed by atoms with van der Waals surface area (Å²) in [5, 5.41) is 0. The molecule has 0 saturated carbocycles. The molecule has 0 fully saturated rings. The number of nitrogens with zero attached hydrogens (tertiary/aromatic N) is 2. The molecule has 0 atom stereocenters. The number of benzene rings is 1. The number of rotatable bonds is 2. The lowest BCUT2D eigenvalue weighted by molar-refractivity contribution is 0.458. The molecule has 5 heteroatoms. The molecule has 0 aliphatic heterocycles. The van der Waals surface area contributed by atoms with Gasteiger partial charge in [-0.3, -0.25) is 0 Å². The highest BCUT2D eigenvalue weighted by atomic mass is 127. The van der Waals surface area contributed by atoms with Gasteiger partial charge in [0.05, 0.1) is 0 Å². The Labute approximate surface area is 107 Å². The number of anilines is 1. The number of hydrogen-bond acceptors (Lipinski definition) is 4. The molecule has 0 unspecified atom stereocenters. The predicted molar refractivity (Wildman–Crippen MR) is 70.4 cm³/mol. The molecule has 0 amide bonds. The van der Waals surface area contributed by atoms with Crippen LogP contribution < -0.4 is 10.5 Å². The van der Waals surface area contributed by atoms with Crippen LogP contribution in [0.1, 0.15) is 5.56 Å². The van der Waals surface area contributed by atoms with E-state index in [2.05, 4.69) is 32.6 Å². The summed E-state index contributed by atoms with van der Waals surface area (Å²) in [6.07, 6.45) is 1.64. The quantitative estimate of drug-likeness (QED) is 0.862. The van der Waals surface area contributed by atoms with Gasteiger partial charge in [-0.25, -0.2) is 4.98 Å². The Bertz CT molecular complexity index is 516. The SMILES string of the molecule is Cc1cnc(N)nc1Oc1cccc(I)c1. The Morgan fingerprint density at radius 3 is 2.94 bits per heavy atom. The van der Waals surface area contributed by atoms with Crippen molar-refractivity contribution in [3.05, 3.63) is 39.6 Å². The van der Waals surface area contributed by atoms with Gasteiger partial charge in [-0.1, -0.05) is 6.07 Å². The fourth-order valence-corrected chi connectivity index (χ4v) is 1.70. The summed E-state index contributed by atoms with van der Waals surface area (Å²) in [4.78, 5) is 7.92. The van der Waals surface area contributed by atoms with Crippen molar-refractivity contribution in [2.45, 2.75) is 6.92 Å². The highest BCUT2D eigenvalue weighted by molar-refractivity contribution is 14.1. The first-order valence-electron chi connectivity index (χ1n) is 4.67. The van der Waals surface area contributed by atoms with Crippen molar-refractivity contribution < 1.29 is 4.74 Å². The summed E-state index contributed by atoms with van der Waals surface area (Å²) < 4.78 is 6.74. The average molecular weight is 327 g/mol. The highest BCUT2D eigenvalue weighted by Crippen LogP contribution is 2.23. The summed E-state index contributed by atoms with van der Waals surface area (Å²) in [5.74, 6) is 1.45. The van der Waals surface area contributed by atoms with Crippen LogP contribution in [0.5, 0.6) is 11.6 Å². The van der Waals surface area contributed by atoms with E-state index in [1.165, 1.54) is 0 Å². The van der Waals surface area contributed by atoms with Crippen LogP contribution in [0.4, 0.5) is 5.95 Å². The number of halogens is 1. The first-order valence-corrected chi connectivity index (χ1v) is 5.75. The smallest absolute Gasteiger partial charge is 0.226 e. The molecule has 0 bridgehead atoms. The van der Waals surface area contributed by atoms with Crippen LogP contribution in [0.25, 0.3) is 0 Å². The summed E-state index contributed by atoms with van der Waals surface area (Å²) in [6, 6.07) is 7.73. The number of hydrogen-bond donors (Lipinski definition) is 1. The minimum absolute atomic E-state index is 0.214. The zero-order valence-corrected chi connectivity index (χ0v) is 10.8. The first kappa shape index (κ1) is 11.1. The number of ether oxygens (including phenoxy) is 1. The lowest BCUT2D eigenvalue weighted by atomic mass is 10.3. The van der Waals surface area contributed by atoms with Gasteiger partial charge >= 0.3 is 0 Å². The first-order chi connectivity index (χ1) is 7.65. The molecule has 2 N–H and O–H groups in total.